The summed E-state index contributed by atoms with van der Waals surface area (Å²) in [6.07, 6.45) is 5.11. The molecule has 0 N–H and O–H groups in total. The molecule has 0 aromatic heterocycles. The molecule has 2 aromatic rings. The molecular weight excluding hydrogens is 328 g/mol. The Kier molecular flexibility index (Phi) is 5.89. The van der Waals surface area contributed by atoms with Crippen molar-refractivity contribution >= 4 is 5.78 Å². The van der Waals surface area contributed by atoms with Gasteiger partial charge in [-0.1, -0.05) is 41.8 Å². The smallest absolute Gasteiger partial charge is 0.139 e. The van der Waals surface area contributed by atoms with Crippen molar-refractivity contribution in [2.75, 3.05) is 0 Å². The van der Waals surface area contributed by atoms with Crippen molar-refractivity contribution in [3.8, 4) is 0 Å². The van der Waals surface area contributed by atoms with E-state index in [4.69, 9.17) is 0 Å². The topological polar surface area (TPSA) is 17.1 Å². The van der Waals surface area contributed by atoms with Crippen LogP contribution in [0.5, 0.6) is 0 Å². The molecule has 2 atom stereocenters. The average molecular weight is 363 g/mol. The fourth-order valence-electron chi connectivity index (χ4n) is 5.19. The zero-order chi connectivity index (χ0) is 19.7. The van der Waals surface area contributed by atoms with Crippen LogP contribution in [0, 0.1) is 53.4 Å². The van der Waals surface area contributed by atoms with Crippen LogP contribution >= 0.6 is 0 Å². The van der Waals surface area contributed by atoms with Crippen molar-refractivity contribution in [1.29, 1.82) is 0 Å². The lowest BCUT2D eigenvalue weighted by molar-refractivity contribution is -0.129. The molecule has 0 spiro atoms. The maximum absolute atomic E-state index is 13.3. The van der Waals surface area contributed by atoms with Gasteiger partial charge in [0.2, 0.25) is 0 Å². The first-order valence-electron chi connectivity index (χ1n) is 10.4. The highest BCUT2D eigenvalue weighted by atomic mass is 16.1. The van der Waals surface area contributed by atoms with Crippen LogP contribution in [0.1, 0.15) is 63.8 Å². The number of carbonyl (C=O) groups is 1. The van der Waals surface area contributed by atoms with E-state index in [0.717, 1.165) is 25.7 Å². The van der Waals surface area contributed by atoms with Gasteiger partial charge in [0.15, 0.2) is 0 Å². The molecule has 1 saturated carbocycles. The Balaban J connectivity index is 1.79. The Morgan fingerprint density at radius 2 is 1.00 bits per heavy atom. The molecule has 0 heterocycles. The summed E-state index contributed by atoms with van der Waals surface area (Å²) in [5.41, 5.74) is 10.8. The van der Waals surface area contributed by atoms with E-state index < -0.39 is 0 Å². The lowest BCUT2D eigenvalue weighted by Crippen LogP contribution is -2.31. The van der Waals surface area contributed by atoms with Crippen LogP contribution in [0.4, 0.5) is 0 Å². The number of ketones is 1. The first-order chi connectivity index (χ1) is 12.8. The minimum Gasteiger partial charge on any atom is -0.299 e. The maximum Gasteiger partial charge on any atom is 0.139 e. The zero-order valence-corrected chi connectivity index (χ0v) is 17.9. The van der Waals surface area contributed by atoms with E-state index in [2.05, 4.69) is 65.8 Å². The Bertz CT molecular complexity index is 743. The van der Waals surface area contributed by atoms with Gasteiger partial charge in [-0.25, -0.2) is 0 Å². The van der Waals surface area contributed by atoms with Crippen molar-refractivity contribution in [3.05, 3.63) is 68.8 Å². The predicted molar refractivity (Wildman–Crippen MR) is 115 cm³/mol. The van der Waals surface area contributed by atoms with Crippen molar-refractivity contribution in [2.24, 2.45) is 11.8 Å². The van der Waals surface area contributed by atoms with Gasteiger partial charge in [-0.15, -0.1) is 0 Å². The number of aryl methyl sites for hydroxylation is 6. The minimum atomic E-state index is 0.190. The summed E-state index contributed by atoms with van der Waals surface area (Å²) in [6, 6.07) is 9.02. The second-order valence-electron chi connectivity index (χ2n) is 8.89. The van der Waals surface area contributed by atoms with Gasteiger partial charge in [-0.2, -0.15) is 0 Å². The Morgan fingerprint density at radius 1 is 0.667 bits per heavy atom. The average Bonchev–Trinajstić information content (AvgIpc) is 2.56. The number of Topliss-reactive ketones (excluding diaryl/α,β-unsaturated/α-hetero) is 1. The van der Waals surface area contributed by atoms with E-state index in [1.54, 1.807) is 0 Å². The molecule has 0 radical (unpaired) electrons. The second-order valence-corrected chi connectivity index (χ2v) is 8.89. The predicted octanol–water partition coefficient (Wildman–Crippen LogP) is 6.31. The highest BCUT2D eigenvalue weighted by Gasteiger charge is 2.32. The number of carbonyl (C=O) groups excluding carboxylic acids is 1. The van der Waals surface area contributed by atoms with Gasteiger partial charge in [0, 0.05) is 11.8 Å². The third-order valence-corrected chi connectivity index (χ3v) is 6.49. The van der Waals surface area contributed by atoms with Crippen LogP contribution in [-0.2, 0) is 17.6 Å². The molecule has 0 bridgehead atoms. The lowest BCUT2D eigenvalue weighted by Gasteiger charge is -2.29. The SMILES string of the molecule is Cc1cc(C)c(C[C@H]2CCC[C@@H](Cc3c(C)cc(C)cc3C)C2=O)c(C)c1. The Labute approximate surface area is 165 Å². The fraction of sp³-hybridized carbons (Fsp3) is 0.500. The summed E-state index contributed by atoms with van der Waals surface area (Å²) in [4.78, 5) is 13.3. The van der Waals surface area contributed by atoms with Gasteiger partial charge >= 0.3 is 0 Å². The molecule has 0 saturated heterocycles. The third-order valence-electron chi connectivity index (χ3n) is 6.49. The van der Waals surface area contributed by atoms with Gasteiger partial charge in [0.05, 0.1) is 0 Å². The standard InChI is InChI=1S/C26H34O/c1-16-10-18(3)24(19(4)11-16)14-22-8-7-9-23(26(22)27)15-25-20(5)12-17(2)13-21(25)6/h10-13,22-23H,7-9,14-15H2,1-6H3/t22-,23+. The van der Waals surface area contributed by atoms with Crippen LogP contribution < -0.4 is 0 Å². The monoisotopic (exact) mass is 362 g/mol. The Hall–Kier alpha value is -1.89. The highest BCUT2D eigenvalue weighted by molar-refractivity contribution is 5.85. The molecule has 0 unspecified atom stereocenters. The summed E-state index contributed by atoms with van der Waals surface area (Å²) >= 11 is 0. The molecule has 1 heteroatoms. The van der Waals surface area contributed by atoms with Crippen LogP contribution in [0.3, 0.4) is 0 Å². The van der Waals surface area contributed by atoms with Crippen molar-refractivity contribution in [3.63, 3.8) is 0 Å². The molecule has 1 aliphatic carbocycles. The first-order valence-corrected chi connectivity index (χ1v) is 10.4. The van der Waals surface area contributed by atoms with Gasteiger partial charge in [-0.05, 0) is 101 Å². The van der Waals surface area contributed by atoms with Gasteiger partial charge < -0.3 is 0 Å². The van der Waals surface area contributed by atoms with Crippen LogP contribution in [0.15, 0.2) is 24.3 Å². The molecule has 2 aromatic carbocycles. The number of benzene rings is 2. The Morgan fingerprint density at radius 3 is 1.33 bits per heavy atom. The van der Waals surface area contributed by atoms with Crippen LogP contribution in [0.25, 0.3) is 0 Å². The van der Waals surface area contributed by atoms with E-state index in [1.807, 2.05) is 0 Å². The second kappa shape index (κ2) is 8.00. The summed E-state index contributed by atoms with van der Waals surface area (Å²) in [6.45, 7) is 13.1. The molecule has 0 aliphatic heterocycles. The molecule has 144 valence electrons. The maximum atomic E-state index is 13.3. The molecule has 1 aliphatic rings. The van der Waals surface area contributed by atoms with Gasteiger partial charge in [0.1, 0.15) is 5.78 Å². The molecule has 1 fully saturated rings. The van der Waals surface area contributed by atoms with Gasteiger partial charge in [0.25, 0.3) is 0 Å². The molecule has 3 rings (SSSR count). The third kappa shape index (κ3) is 4.34. The molecular formula is C26H34O. The van der Waals surface area contributed by atoms with E-state index in [-0.39, 0.29) is 11.8 Å². The normalized spacial score (nSPS) is 20.1. The minimum absolute atomic E-state index is 0.190. The van der Waals surface area contributed by atoms with E-state index in [0.29, 0.717) is 5.78 Å². The van der Waals surface area contributed by atoms with E-state index in [9.17, 15) is 4.79 Å². The number of rotatable bonds is 4. The zero-order valence-electron chi connectivity index (χ0n) is 17.9. The molecule has 1 nitrogen and oxygen atoms in total. The van der Waals surface area contributed by atoms with E-state index >= 15 is 0 Å². The quantitative estimate of drug-likeness (QED) is 0.623. The van der Waals surface area contributed by atoms with Crippen molar-refractivity contribution in [1.82, 2.24) is 0 Å². The number of hydrogen-bond donors (Lipinski definition) is 0. The van der Waals surface area contributed by atoms with Crippen LogP contribution in [0.2, 0.25) is 0 Å². The van der Waals surface area contributed by atoms with E-state index in [1.165, 1.54) is 50.9 Å². The summed E-state index contributed by atoms with van der Waals surface area (Å²) in [5, 5.41) is 0. The first kappa shape index (κ1) is 19.9. The largest absolute Gasteiger partial charge is 0.299 e. The van der Waals surface area contributed by atoms with Gasteiger partial charge in [-0.3, -0.25) is 4.79 Å². The highest BCUT2D eigenvalue weighted by Crippen LogP contribution is 2.33. The number of hydrogen-bond acceptors (Lipinski definition) is 1. The van der Waals surface area contributed by atoms with Crippen LogP contribution in [-0.4, -0.2) is 5.78 Å². The van der Waals surface area contributed by atoms with Crippen molar-refractivity contribution in [2.45, 2.75) is 73.6 Å². The van der Waals surface area contributed by atoms with Crippen molar-refractivity contribution < 1.29 is 4.79 Å². The molecule has 0 amide bonds. The summed E-state index contributed by atoms with van der Waals surface area (Å²) in [7, 11) is 0. The summed E-state index contributed by atoms with van der Waals surface area (Å²) in [5.74, 6) is 0.879. The fourth-order valence-corrected chi connectivity index (χ4v) is 5.19. The lowest BCUT2D eigenvalue weighted by atomic mass is 9.73. The molecule has 27 heavy (non-hydrogen) atoms. The summed E-state index contributed by atoms with van der Waals surface area (Å²) < 4.78 is 0.